The average molecular weight is 329 g/mol. The Kier molecular flexibility index (Phi) is 3.79. The number of nitrogens with zero attached hydrogens (tertiary/aromatic N) is 1. The number of aryl methyl sites for hydroxylation is 1. The Morgan fingerprint density at radius 2 is 1.87 bits per heavy atom. The zero-order valence-corrected chi connectivity index (χ0v) is 13.2. The highest BCUT2D eigenvalue weighted by atomic mass is 32.2. The van der Waals surface area contributed by atoms with Crippen molar-refractivity contribution in [2.45, 2.75) is 11.8 Å². The third-order valence-electron chi connectivity index (χ3n) is 3.43. The summed E-state index contributed by atoms with van der Waals surface area (Å²) in [6.07, 6.45) is 1.29. The van der Waals surface area contributed by atoms with E-state index in [0.29, 0.717) is 16.8 Å². The summed E-state index contributed by atoms with van der Waals surface area (Å²) in [5, 5.41) is 3.56. The molecule has 0 aliphatic rings. The first-order valence-corrected chi connectivity index (χ1v) is 8.34. The predicted octanol–water partition coefficient (Wildman–Crippen LogP) is 3.03. The highest BCUT2D eigenvalue weighted by Crippen LogP contribution is 2.31. The number of nitrogen functional groups attached to an aromatic ring is 1. The van der Waals surface area contributed by atoms with Crippen LogP contribution in [0.5, 0.6) is 0 Å². The van der Waals surface area contributed by atoms with E-state index >= 15 is 0 Å². The lowest BCUT2D eigenvalue weighted by molar-refractivity contribution is 0.423. The monoisotopic (exact) mass is 329 g/mol. The van der Waals surface area contributed by atoms with Gasteiger partial charge < -0.3 is 10.3 Å². The van der Waals surface area contributed by atoms with Gasteiger partial charge >= 0.3 is 0 Å². The topological polar surface area (TPSA) is 98.2 Å². The molecule has 0 saturated carbocycles. The van der Waals surface area contributed by atoms with E-state index in [-0.39, 0.29) is 10.7 Å². The van der Waals surface area contributed by atoms with Crippen LogP contribution in [-0.2, 0) is 10.0 Å². The first-order valence-electron chi connectivity index (χ1n) is 6.86. The Balaban J connectivity index is 2.09. The number of hydrogen-bond acceptors (Lipinski definition) is 5. The molecule has 6 nitrogen and oxygen atoms in total. The molecule has 0 aliphatic carbocycles. The lowest BCUT2D eigenvalue weighted by Gasteiger charge is -2.13. The second-order valence-electron chi connectivity index (χ2n) is 5.06. The maximum absolute atomic E-state index is 12.5. The lowest BCUT2D eigenvalue weighted by atomic mass is 10.0. The summed E-state index contributed by atoms with van der Waals surface area (Å²) in [4.78, 5) is 0.117. The number of aromatic nitrogens is 1. The standard InChI is InChI=1S/C16H15N3O3S/c1-11-9-13(23(20,21)19-15-7-8-22-18-15)10-14(16(11)17)12-5-3-2-4-6-12/h2-10H,17H2,1H3,(H,18,19). The van der Waals surface area contributed by atoms with Crippen LogP contribution >= 0.6 is 0 Å². The van der Waals surface area contributed by atoms with Gasteiger partial charge in [-0.1, -0.05) is 35.5 Å². The molecule has 2 aromatic carbocycles. The minimum Gasteiger partial charge on any atom is -0.398 e. The molecule has 118 valence electrons. The summed E-state index contributed by atoms with van der Waals surface area (Å²) in [5.74, 6) is 0.126. The van der Waals surface area contributed by atoms with Crippen molar-refractivity contribution in [3.05, 3.63) is 60.4 Å². The van der Waals surface area contributed by atoms with E-state index in [1.807, 2.05) is 30.3 Å². The normalized spacial score (nSPS) is 11.3. The van der Waals surface area contributed by atoms with E-state index in [1.54, 1.807) is 13.0 Å². The van der Waals surface area contributed by atoms with Crippen LogP contribution < -0.4 is 10.5 Å². The molecule has 1 heterocycles. The Morgan fingerprint density at radius 3 is 2.52 bits per heavy atom. The van der Waals surface area contributed by atoms with Crippen LogP contribution in [0.4, 0.5) is 11.5 Å². The van der Waals surface area contributed by atoms with Crippen molar-refractivity contribution in [2.75, 3.05) is 10.5 Å². The molecule has 0 aliphatic heterocycles. The molecule has 0 radical (unpaired) electrons. The van der Waals surface area contributed by atoms with Crippen LogP contribution in [0.2, 0.25) is 0 Å². The lowest BCUT2D eigenvalue weighted by Crippen LogP contribution is -2.14. The van der Waals surface area contributed by atoms with Crippen molar-refractivity contribution < 1.29 is 12.9 Å². The first kappa shape index (κ1) is 15.1. The Hall–Kier alpha value is -2.80. The second-order valence-corrected chi connectivity index (χ2v) is 6.74. The molecule has 1 aromatic heterocycles. The number of rotatable bonds is 4. The van der Waals surface area contributed by atoms with Crippen molar-refractivity contribution >= 4 is 21.5 Å². The molecular formula is C16H15N3O3S. The fourth-order valence-corrected chi connectivity index (χ4v) is 3.34. The fraction of sp³-hybridized carbons (Fsp3) is 0.0625. The minimum atomic E-state index is -3.78. The Morgan fingerprint density at radius 1 is 1.13 bits per heavy atom. The van der Waals surface area contributed by atoms with Crippen molar-refractivity contribution in [3.63, 3.8) is 0 Å². The summed E-state index contributed by atoms with van der Waals surface area (Å²) < 4.78 is 32.0. The van der Waals surface area contributed by atoms with E-state index in [0.717, 1.165) is 5.56 Å². The van der Waals surface area contributed by atoms with Gasteiger partial charge in [-0.2, -0.15) is 0 Å². The number of nitrogens with one attached hydrogen (secondary N) is 1. The van der Waals surface area contributed by atoms with E-state index in [2.05, 4.69) is 14.4 Å². The van der Waals surface area contributed by atoms with Crippen molar-refractivity contribution in [1.29, 1.82) is 0 Å². The summed E-state index contributed by atoms with van der Waals surface area (Å²) in [7, 11) is -3.78. The fourth-order valence-electron chi connectivity index (χ4n) is 2.24. The summed E-state index contributed by atoms with van der Waals surface area (Å²) in [5.41, 5.74) is 8.89. The van der Waals surface area contributed by atoms with E-state index < -0.39 is 10.0 Å². The second kappa shape index (κ2) is 5.77. The molecule has 0 unspecified atom stereocenters. The van der Waals surface area contributed by atoms with Gasteiger partial charge in [0.1, 0.15) is 6.26 Å². The van der Waals surface area contributed by atoms with Crippen molar-refractivity contribution in [1.82, 2.24) is 5.16 Å². The molecule has 23 heavy (non-hydrogen) atoms. The first-order chi connectivity index (χ1) is 11.0. The van der Waals surface area contributed by atoms with Gasteiger partial charge in [0.25, 0.3) is 10.0 Å². The smallest absolute Gasteiger partial charge is 0.263 e. The SMILES string of the molecule is Cc1cc(S(=O)(=O)Nc2ccon2)cc(-c2ccccc2)c1N. The molecule has 0 saturated heterocycles. The van der Waals surface area contributed by atoms with Gasteiger partial charge in [-0.25, -0.2) is 8.42 Å². The van der Waals surface area contributed by atoms with E-state index in [4.69, 9.17) is 5.73 Å². The quantitative estimate of drug-likeness (QED) is 0.717. The van der Waals surface area contributed by atoms with Crippen LogP contribution in [-0.4, -0.2) is 13.6 Å². The molecule has 0 atom stereocenters. The zero-order chi connectivity index (χ0) is 16.4. The van der Waals surface area contributed by atoms with Gasteiger partial charge in [0.15, 0.2) is 5.82 Å². The highest BCUT2D eigenvalue weighted by molar-refractivity contribution is 7.92. The van der Waals surface area contributed by atoms with Gasteiger partial charge in [0.05, 0.1) is 4.90 Å². The van der Waals surface area contributed by atoms with Crippen LogP contribution in [0.3, 0.4) is 0 Å². The molecule has 0 bridgehead atoms. The number of sulfonamides is 1. The Labute approximate surface area is 134 Å². The Bertz CT molecular complexity index is 921. The van der Waals surface area contributed by atoms with Crippen molar-refractivity contribution in [3.8, 4) is 11.1 Å². The van der Waals surface area contributed by atoms with Crippen LogP contribution in [0.25, 0.3) is 11.1 Å². The summed E-state index contributed by atoms with van der Waals surface area (Å²) in [6, 6.07) is 13.9. The maximum atomic E-state index is 12.5. The zero-order valence-electron chi connectivity index (χ0n) is 12.4. The number of nitrogens with two attached hydrogens (primary N) is 1. The molecule has 0 fully saturated rings. The number of anilines is 2. The van der Waals surface area contributed by atoms with Gasteiger partial charge in [-0.3, -0.25) is 4.72 Å². The minimum absolute atomic E-state index is 0.117. The average Bonchev–Trinajstić information content (AvgIpc) is 3.02. The summed E-state index contributed by atoms with van der Waals surface area (Å²) >= 11 is 0. The van der Waals surface area contributed by atoms with Crippen molar-refractivity contribution in [2.24, 2.45) is 0 Å². The molecule has 3 N–H and O–H groups in total. The predicted molar refractivity (Wildman–Crippen MR) is 88.3 cm³/mol. The molecule has 3 rings (SSSR count). The van der Waals surface area contributed by atoms with Gasteiger partial charge in [-0.05, 0) is 30.2 Å². The maximum Gasteiger partial charge on any atom is 0.263 e. The molecule has 0 spiro atoms. The van der Waals surface area contributed by atoms with E-state index in [9.17, 15) is 8.42 Å². The van der Waals surface area contributed by atoms with Crippen LogP contribution in [0, 0.1) is 6.92 Å². The van der Waals surface area contributed by atoms with Crippen LogP contribution in [0.1, 0.15) is 5.56 Å². The largest absolute Gasteiger partial charge is 0.398 e. The molecule has 7 heteroatoms. The number of hydrogen-bond donors (Lipinski definition) is 2. The van der Waals surface area contributed by atoms with Gasteiger partial charge in [0, 0.05) is 17.3 Å². The molecular weight excluding hydrogens is 314 g/mol. The highest BCUT2D eigenvalue weighted by Gasteiger charge is 2.19. The van der Waals surface area contributed by atoms with Gasteiger partial charge in [0.2, 0.25) is 0 Å². The van der Waals surface area contributed by atoms with Crippen LogP contribution in [0.15, 0.2) is 64.2 Å². The summed E-state index contributed by atoms with van der Waals surface area (Å²) in [6.45, 7) is 1.77. The third kappa shape index (κ3) is 3.04. The third-order valence-corrected chi connectivity index (χ3v) is 4.77. The molecule has 3 aromatic rings. The molecule has 0 amide bonds. The van der Waals surface area contributed by atoms with Gasteiger partial charge in [-0.15, -0.1) is 0 Å². The van der Waals surface area contributed by atoms with E-state index in [1.165, 1.54) is 18.4 Å². The number of benzene rings is 2.